The predicted molar refractivity (Wildman–Crippen MR) is 69.6 cm³/mol. The Labute approximate surface area is 109 Å². The van der Waals surface area contributed by atoms with Gasteiger partial charge in [-0.05, 0) is 40.5 Å². The summed E-state index contributed by atoms with van der Waals surface area (Å²) in [4.78, 5) is 8.25. The number of rotatable bonds is 3. The van der Waals surface area contributed by atoms with E-state index in [4.69, 9.17) is 0 Å². The van der Waals surface area contributed by atoms with Gasteiger partial charge in [-0.1, -0.05) is 6.07 Å². The summed E-state index contributed by atoms with van der Waals surface area (Å²) in [6, 6.07) is 5.70. The van der Waals surface area contributed by atoms with E-state index in [2.05, 4.69) is 25.9 Å². The Kier molecular flexibility index (Phi) is 3.86. The Bertz CT molecular complexity index is 516. The van der Waals surface area contributed by atoms with Crippen LogP contribution < -0.4 is 0 Å². The molecular formula is C13H13BrN2O. The maximum absolute atomic E-state index is 10.2. The zero-order valence-electron chi connectivity index (χ0n) is 9.47. The highest BCUT2D eigenvalue weighted by Crippen LogP contribution is 2.21. The molecule has 0 aromatic carbocycles. The molecule has 2 heterocycles. The molecule has 0 bridgehead atoms. The van der Waals surface area contributed by atoms with Crippen LogP contribution in [-0.4, -0.2) is 15.1 Å². The molecule has 0 saturated carbocycles. The summed E-state index contributed by atoms with van der Waals surface area (Å²) < 4.78 is 0.921. The third kappa shape index (κ3) is 3.11. The van der Waals surface area contributed by atoms with Gasteiger partial charge in [0.2, 0.25) is 0 Å². The lowest BCUT2D eigenvalue weighted by Gasteiger charge is -2.12. The van der Waals surface area contributed by atoms with E-state index in [1.165, 1.54) is 0 Å². The molecule has 2 aromatic rings. The first-order valence-electron chi connectivity index (χ1n) is 5.36. The van der Waals surface area contributed by atoms with Gasteiger partial charge in [0.15, 0.2) is 0 Å². The van der Waals surface area contributed by atoms with Gasteiger partial charge in [-0.25, -0.2) is 0 Å². The fourth-order valence-electron chi connectivity index (χ4n) is 1.75. The number of pyridine rings is 2. The molecule has 88 valence electrons. The molecule has 0 aliphatic heterocycles. The molecular weight excluding hydrogens is 280 g/mol. The quantitative estimate of drug-likeness (QED) is 0.946. The van der Waals surface area contributed by atoms with Crippen LogP contribution in [0.1, 0.15) is 22.9 Å². The molecule has 0 amide bonds. The minimum atomic E-state index is -0.542. The van der Waals surface area contributed by atoms with Crippen molar-refractivity contribution in [1.82, 2.24) is 9.97 Å². The zero-order chi connectivity index (χ0) is 12.3. The van der Waals surface area contributed by atoms with Gasteiger partial charge in [0, 0.05) is 40.7 Å². The van der Waals surface area contributed by atoms with Crippen molar-refractivity contribution in [3.8, 4) is 0 Å². The van der Waals surface area contributed by atoms with Crippen molar-refractivity contribution in [2.75, 3.05) is 0 Å². The standard InChI is InChI=1S/C13H13BrN2O/c1-9-12(3-2-4-16-9)13(17)6-10-5-11(14)8-15-7-10/h2-5,7-8,13,17H,6H2,1H3. The normalized spacial score (nSPS) is 12.4. The molecule has 2 aromatic heterocycles. The van der Waals surface area contributed by atoms with Crippen LogP contribution in [-0.2, 0) is 6.42 Å². The topological polar surface area (TPSA) is 46.0 Å². The van der Waals surface area contributed by atoms with Gasteiger partial charge in [-0.3, -0.25) is 9.97 Å². The lowest BCUT2D eigenvalue weighted by atomic mass is 10.0. The van der Waals surface area contributed by atoms with Gasteiger partial charge in [0.05, 0.1) is 6.10 Å². The number of hydrogen-bond acceptors (Lipinski definition) is 3. The third-order valence-corrected chi connectivity index (χ3v) is 3.03. The molecule has 0 fully saturated rings. The number of nitrogens with zero attached hydrogens (tertiary/aromatic N) is 2. The van der Waals surface area contributed by atoms with E-state index >= 15 is 0 Å². The molecule has 0 radical (unpaired) electrons. The number of halogens is 1. The molecule has 0 spiro atoms. The fourth-order valence-corrected chi connectivity index (χ4v) is 2.16. The number of aryl methyl sites for hydroxylation is 1. The molecule has 4 heteroatoms. The minimum Gasteiger partial charge on any atom is -0.388 e. The van der Waals surface area contributed by atoms with E-state index in [1.807, 2.05) is 25.1 Å². The van der Waals surface area contributed by atoms with Crippen LogP contribution in [0, 0.1) is 6.92 Å². The van der Waals surface area contributed by atoms with Crippen molar-refractivity contribution >= 4 is 15.9 Å². The van der Waals surface area contributed by atoms with E-state index in [0.29, 0.717) is 6.42 Å². The monoisotopic (exact) mass is 292 g/mol. The molecule has 0 saturated heterocycles. The van der Waals surface area contributed by atoms with E-state index in [0.717, 1.165) is 21.3 Å². The molecule has 2 rings (SSSR count). The number of aliphatic hydroxyl groups excluding tert-OH is 1. The second-order valence-electron chi connectivity index (χ2n) is 3.91. The van der Waals surface area contributed by atoms with Crippen LogP contribution in [0.15, 0.2) is 41.3 Å². The highest BCUT2D eigenvalue weighted by molar-refractivity contribution is 9.10. The Balaban J connectivity index is 2.17. The largest absolute Gasteiger partial charge is 0.388 e. The Morgan fingerprint density at radius 2 is 2.24 bits per heavy atom. The second kappa shape index (κ2) is 5.38. The van der Waals surface area contributed by atoms with Crippen molar-refractivity contribution < 1.29 is 5.11 Å². The fraction of sp³-hybridized carbons (Fsp3) is 0.231. The number of aromatic nitrogens is 2. The molecule has 3 nitrogen and oxygen atoms in total. The maximum atomic E-state index is 10.2. The summed E-state index contributed by atoms with van der Waals surface area (Å²) in [5.74, 6) is 0. The van der Waals surface area contributed by atoms with Crippen molar-refractivity contribution in [3.05, 3.63) is 58.1 Å². The molecule has 1 unspecified atom stereocenters. The van der Waals surface area contributed by atoms with Crippen LogP contribution in [0.3, 0.4) is 0 Å². The van der Waals surface area contributed by atoms with Crippen LogP contribution in [0.5, 0.6) is 0 Å². The van der Waals surface area contributed by atoms with Gasteiger partial charge in [0.1, 0.15) is 0 Å². The number of hydrogen-bond donors (Lipinski definition) is 1. The molecule has 17 heavy (non-hydrogen) atoms. The molecule has 1 atom stereocenters. The molecule has 0 aliphatic rings. The Morgan fingerprint density at radius 1 is 1.41 bits per heavy atom. The van der Waals surface area contributed by atoms with Crippen molar-refractivity contribution in [2.45, 2.75) is 19.4 Å². The van der Waals surface area contributed by atoms with Crippen molar-refractivity contribution in [3.63, 3.8) is 0 Å². The van der Waals surface area contributed by atoms with Gasteiger partial charge in [0.25, 0.3) is 0 Å². The summed E-state index contributed by atoms with van der Waals surface area (Å²) >= 11 is 3.37. The predicted octanol–water partition coefficient (Wildman–Crippen LogP) is 2.82. The Hall–Kier alpha value is -1.26. The van der Waals surface area contributed by atoms with E-state index in [9.17, 15) is 5.11 Å². The van der Waals surface area contributed by atoms with Gasteiger partial charge >= 0.3 is 0 Å². The molecule has 1 N–H and O–H groups in total. The van der Waals surface area contributed by atoms with Crippen molar-refractivity contribution in [2.24, 2.45) is 0 Å². The average Bonchev–Trinajstić information content (AvgIpc) is 2.29. The number of aliphatic hydroxyl groups is 1. The van der Waals surface area contributed by atoms with Crippen molar-refractivity contribution in [1.29, 1.82) is 0 Å². The van der Waals surface area contributed by atoms with E-state index in [1.54, 1.807) is 18.6 Å². The lowest BCUT2D eigenvalue weighted by Crippen LogP contribution is -2.05. The summed E-state index contributed by atoms with van der Waals surface area (Å²) in [5, 5.41) is 10.2. The van der Waals surface area contributed by atoms with E-state index < -0.39 is 6.10 Å². The SMILES string of the molecule is Cc1ncccc1C(O)Cc1cncc(Br)c1. The molecule has 0 aliphatic carbocycles. The lowest BCUT2D eigenvalue weighted by molar-refractivity contribution is 0.177. The maximum Gasteiger partial charge on any atom is 0.0848 e. The Morgan fingerprint density at radius 3 is 2.94 bits per heavy atom. The smallest absolute Gasteiger partial charge is 0.0848 e. The van der Waals surface area contributed by atoms with E-state index in [-0.39, 0.29) is 0 Å². The first-order valence-corrected chi connectivity index (χ1v) is 6.15. The highest BCUT2D eigenvalue weighted by Gasteiger charge is 2.11. The van der Waals surface area contributed by atoms with Crippen LogP contribution in [0.4, 0.5) is 0 Å². The second-order valence-corrected chi connectivity index (χ2v) is 4.83. The van der Waals surface area contributed by atoms with Gasteiger partial charge in [-0.15, -0.1) is 0 Å². The first kappa shape index (κ1) is 12.2. The summed E-state index contributed by atoms with van der Waals surface area (Å²) in [6.45, 7) is 1.90. The average molecular weight is 293 g/mol. The van der Waals surface area contributed by atoms with Crippen LogP contribution in [0.2, 0.25) is 0 Å². The summed E-state index contributed by atoms with van der Waals surface area (Å²) in [7, 11) is 0. The zero-order valence-corrected chi connectivity index (χ0v) is 11.1. The third-order valence-electron chi connectivity index (χ3n) is 2.60. The highest BCUT2D eigenvalue weighted by atomic mass is 79.9. The van der Waals surface area contributed by atoms with Crippen LogP contribution in [0.25, 0.3) is 0 Å². The summed E-state index contributed by atoms with van der Waals surface area (Å²) in [5.41, 5.74) is 2.73. The summed E-state index contributed by atoms with van der Waals surface area (Å²) in [6.07, 6.45) is 5.22. The first-order chi connectivity index (χ1) is 8.16. The van der Waals surface area contributed by atoms with Crippen LogP contribution >= 0.6 is 15.9 Å². The van der Waals surface area contributed by atoms with Gasteiger partial charge in [-0.2, -0.15) is 0 Å². The minimum absolute atomic E-state index is 0.541. The van der Waals surface area contributed by atoms with Gasteiger partial charge < -0.3 is 5.11 Å².